The number of nitrogens with zero attached hydrogens (tertiary/aromatic N) is 5. The van der Waals surface area contributed by atoms with E-state index in [1.165, 1.54) is 4.31 Å². The van der Waals surface area contributed by atoms with Gasteiger partial charge in [0.05, 0.1) is 11.4 Å². The molecule has 3 heterocycles. The van der Waals surface area contributed by atoms with Crippen LogP contribution in [0.4, 0.5) is 24.5 Å². The van der Waals surface area contributed by atoms with Crippen LogP contribution in [0, 0.1) is 0 Å². The van der Waals surface area contributed by atoms with E-state index < -0.39 is 22.1 Å². The number of ketones is 1. The lowest BCUT2D eigenvalue weighted by Gasteiger charge is -2.38. The van der Waals surface area contributed by atoms with E-state index in [2.05, 4.69) is 28.4 Å². The summed E-state index contributed by atoms with van der Waals surface area (Å²) in [5.74, 6) is -0.440. The maximum atomic E-state index is 13.3. The Balaban J connectivity index is 0.968. The summed E-state index contributed by atoms with van der Waals surface area (Å²) in [6.45, 7) is 9.38. The van der Waals surface area contributed by atoms with Crippen LogP contribution in [0.3, 0.4) is 0 Å². The number of ether oxygens (including phenoxy) is 1. The molecule has 3 aromatic carbocycles. The van der Waals surface area contributed by atoms with Gasteiger partial charge >= 0.3 is 6.36 Å². The summed E-state index contributed by atoms with van der Waals surface area (Å²) in [6, 6.07) is 19.3. The number of anilines is 2. The summed E-state index contributed by atoms with van der Waals surface area (Å²) in [5, 5.41) is 0.874. The molecule has 2 aliphatic rings. The van der Waals surface area contributed by atoms with Gasteiger partial charge in [0, 0.05) is 93.8 Å². The van der Waals surface area contributed by atoms with Crippen molar-refractivity contribution in [2.75, 3.05) is 81.8 Å². The molecule has 2 aliphatic heterocycles. The minimum Gasteiger partial charge on any atom is -0.452 e. The lowest BCUT2D eigenvalue weighted by Crippen LogP contribution is -2.54. The van der Waals surface area contributed by atoms with Crippen LogP contribution >= 0.6 is 0 Å². The summed E-state index contributed by atoms with van der Waals surface area (Å²) in [5.41, 5.74) is 3.20. The Kier molecular flexibility index (Phi) is 10.6. The number of sulfonamides is 1. The first kappa shape index (κ1) is 36.2. The maximum Gasteiger partial charge on any atom is 0.573 e. The molecule has 2 fully saturated rings. The van der Waals surface area contributed by atoms with Crippen molar-refractivity contribution in [3.05, 3.63) is 84.1 Å². The van der Waals surface area contributed by atoms with Gasteiger partial charge in [0.2, 0.25) is 21.7 Å². The van der Waals surface area contributed by atoms with E-state index in [1.54, 1.807) is 23.1 Å². The lowest BCUT2D eigenvalue weighted by atomic mass is 10.1. The van der Waals surface area contributed by atoms with Gasteiger partial charge in [-0.25, -0.2) is 8.42 Å². The molecule has 0 N–H and O–H groups in total. The second kappa shape index (κ2) is 14.9. The molecular formula is C36H40F3N5O6S. The number of rotatable bonds is 11. The van der Waals surface area contributed by atoms with Crippen LogP contribution < -0.4 is 14.5 Å². The molecule has 11 nitrogen and oxygen atoms in total. The molecule has 2 saturated heterocycles. The quantitative estimate of drug-likeness (QED) is 0.196. The number of hydrogen-bond acceptors (Lipinski definition) is 9. The minimum absolute atomic E-state index is 0.0396. The Hall–Kier alpha value is -4.60. The van der Waals surface area contributed by atoms with Gasteiger partial charge in [-0.15, -0.1) is 13.2 Å². The summed E-state index contributed by atoms with van der Waals surface area (Å²) >= 11 is 0. The van der Waals surface area contributed by atoms with Gasteiger partial charge in [-0.1, -0.05) is 0 Å². The second-order valence-corrected chi connectivity index (χ2v) is 14.4. The molecule has 272 valence electrons. The highest BCUT2D eigenvalue weighted by Crippen LogP contribution is 2.28. The zero-order chi connectivity index (χ0) is 36.3. The predicted octanol–water partition coefficient (Wildman–Crippen LogP) is 5.06. The highest BCUT2D eigenvalue weighted by molar-refractivity contribution is 7.89. The number of alkyl halides is 3. The van der Waals surface area contributed by atoms with Crippen LogP contribution in [0.15, 0.2) is 82.1 Å². The Bertz CT molecular complexity index is 1950. The minimum atomic E-state index is -4.87. The Labute approximate surface area is 294 Å². The van der Waals surface area contributed by atoms with Crippen LogP contribution in [-0.4, -0.2) is 113 Å². The van der Waals surface area contributed by atoms with E-state index in [4.69, 9.17) is 4.42 Å². The first-order valence-corrected chi connectivity index (χ1v) is 18.3. The molecule has 0 radical (unpaired) electrons. The standard InChI is InChI=1S/C36H40F3N5O6S/c1-3-41(4-2)29-10-7-27-23-33(49-32(27)24-29)35(46)26-5-8-28(9-6-26)42-17-19-43(20-18-42)34(45)25-40-15-21-44(22-16-40)51(47,48)31-13-11-30(12-14-31)50-36(37,38)39/h5-14,23-24H,3-4,15-22,25H2,1-2H3. The number of furan rings is 1. The fourth-order valence-electron chi connectivity index (χ4n) is 6.48. The molecule has 6 rings (SSSR count). The Morgan fingerprint density at radius 1 is 0.824 bits per heavy atom. The van der Waals surface area contributed by atoms with E-state index in [1.807, 2.05) is 35.2 Å². The van der Waals surface area contributed by atoms with Crippen molar-refractivity contribution in [1.29, 1.82) is 0 Å². The van der Waals surface area contributed by atoms with Gasteiger partial charge in [-0.2, -0.15) is 4.31 Å². The third kappa shape index (κ3) is 8.32. The van der Waals surface area contributed by atoms with Crippen molar-refractivity contribution in [1.82, 2.24) is 14.1 Å². The molecule has 1 amide bonds. The molecule has 0 spiro atoms. The average Bonchev–Trinajstić information content (AvgIpc) is 3.56. The third-order valence-corrected chi connectivity index (χ3v) is 11.3. The normalized spacial score (nSPS) is 16.4. The SMILES string of the molecule is CCN(CC)c1ccc2cc(C(=O)c3ccc(N4CCN(C(=O)CN5CCN(S(=O)(=O)c6ccc(OC(F)(F)F)cc6)CC5)CC4)cc3)oc2c1. The highest BCUT2D eigenvalue weighted by Gasteiger charge is 2.33. The zero-order valence-corrected chi connectivity index (χ0v) is 29.3. The first-order chi connectivity index (χ1) is 24.3. The van der Waals surface area contributed by atoms with Gasteiger partial charge in [0.1, 0.15) is 11.3 Å². The molecule has 0 saturated carbocycles. The fourth-order valence-corrected chi connectivity index (χ4v) is 7.90. The zero-order valence-electron chi connectivity index (χ0n) is 28.4. The Morgan fingerprint density at radius 3 is 2.08 bits per heavy atom. The highest BCUT2D eigenvalue weighted by atomic mass is 32.2. The average molecular weight is 728 g/mol. The number of piperazine rings is 2. The first-order valence-electron chi connectivity index (χ1n) is 16.9. The van der Waals surface area contributed by atoms with Crippen molar-refractivity contribution < 1.29 is 40.3 Å². The van der Waals surface area contributed by atoms with Crippen molar-refractivity contribution in [2.45, 2.75) is 25.1 Å². The van der Waals surface area contributed by atoms with E-state index >= 15 is 0 Å². The van der Waals surface area contributed by atoms with E-state index in [9.17, 15) is 31.2 Å². The number of halogens is 3. The fraction of sp³-hybridized carbons (Fsp3) is 0.389. The van der Waals surface area contributed by atoms with Gasteiger partial charge in [-0.05, 0) is 80.6 Å². The smallest absolute Gasteiger partial charge is 0.452 e. The largest absolute Gasteiger partial charge is 0.573 e. The number of carbonyl (C=O) groups excluding carboxylic acids is 2. The Morgan fingerprint density at radius 2 is 1.47 bits per heavy atom. The van der Waals surface area contributed by atoms with Crippen LogP contribution in [0.5, 0.6) is 5.75 Å². The number of fused-ring (bicyclic) bond motifs is 1. The molecule has 15 heteroatoms. The topological polar surface area (TPSA) is 107 Å². The number of benzene rings is 3. The van der Waals surface area contributed by atoms with Crippen molar-refractivity contribution in [3.63, 3.8) is 0 Å². The molecule has 0 aliphatic carbocycles. The van der Waals surface area contributed by atoms with Crippen LogP contribution in [0.25, 0.3) is 11.0 Å². The van der Waals surface area contributed by atoms with E-state index in [0.717, 1.165) is 54.1 Å². The predicted molar refractivity (Wildman–Crippen MR) is 187 cm³/mol. The van der Waals surface area contributed by atoms with Gasteiger partial charge in [-0.3, -0.25) is 14.5 Å². The molecule has 0 bridgehead atoms. The van der Waals surface area contributed by atoms with Crippen molar-refractivity contribution in [3.8, 4) is 5.75 Å². The summed E-state index contributed by atoms with van der Waals surface area (Å²) in [4.78, 5) is 34.4. The monoisotopic (exact) mass is 727 g/mol. The van der Waals surface area contributed by atoms with Crippen LogP contribution in [-0.2, 0) is 14.8 Å². The lowest BCUT2D eigenvalue weighted by molar-refractivity contribution is -0.274. The van der Waals surface area contributed by atoms with Gasteiger partial charge < -0.3 is 23.9 Å². The molecule has 1 aromatic heterocycles. The number of amides is 1. The maximum absolute atomic E-state index is 13.3. The third-order valence-electron chi connectivity index (χ3n) is 9.37. The van der Waals surface area contributed by atoms with E-state index in [0.29, 0.717) is 50.4 Å². The summed E-state index contributed by atoms with van der Waals surface area (Å²) in [6.07, 6.45) is -4.87. The van der Waals surface area contributed by atoms with Crippen molar-refractivity contribution in [2.24, 2.45) is 0 Å². The van der Waals surface area contributed by atoms with Gasteiger partial charge in [0.15, 0.2) is 5.76 Å². The molecular weight excluding hydrogens is 687 g/mol. The summed E-state index contributed by atoms with van der Waals surface area (Å²) in [7, 11) is -3.92. The molecule has 51 heavy (non-hydrogen) atoms. The van der Waals surface area contributed by atoms with Gasteiger partial charge in [0.25, 0.3) is 0 Å². The second-order valence-electron chi connectivity index (χ2n) is 12.4. The van der Waals surface area contributed by atoms with E-state index in [-0.39, 0.29) is 42.0 Å². The number of carbonyl (C=O) groups is 2. The van der Waals surface area contributed by atoms with Crippen molar-refractivity contribution >= 4 is 44.1 Å². The van der Waals surface area contributed by atoms with Crippen LogP contribution in [0.2, 0.25) is 0 Å². The van der Waals surface area contributed by atoms with Crippen LogP contribution in [0.1, 0.15) is 30.0 Å². The number of hydrogen-bond donors (Lipinski definition) is 0. The molecule has 0 atom stereocenters. The summed E-state index contributed by atoms with van der Waals surface area (Å²) < 4.78 is 74.5. The molecule has 0 unspecified atom stereocenters. The molecule has 4 aromatic rings.